The lowest BCUT2D eigenvalue weighted by Crippen LogP contribution is -2.03. The first-order chi connectivity index (χ1) is 7.66. The maximum Gasteiger partial charge on any atom is 0.0537 e. The zero-order valence-corrected chi connectivity index (χ0v) is 11.1. The smallest absolute Gasteiger partial charge is 0.0537 e. The number of hydrogen-bond acceptors (Lipinski definition) is 2. The Morgan fingerprint density at radius 1 is 0.750 bits per heavy atom. The van der Waals surface area contributed by atoms with Gasteiger partial charge in [0, 0.05) is 0 Å². The monoisotopic (exact) mass is 230 g/mol. The normalized spacial score (nSPS) is 15.0. The maximum atomic E-state index is 9.36. The van der Waals surface area contributed by atoms with E-state index in [1.807, 2.05) is 13.8 Å². The largest absolute Gasteiger partial charge is 0.393 e. The Hall–Kier alpha value is -0.0800. The lowest BCUT2D eigenvalue weighted by molar-refractivity contribution is 0.156. The number of aliphatic hydroxyl groups excluding tert-OH is 2. The molecule has 0 saturated heterocycles. The molecule has 0 aliphatic carbocycles. The summed E-state index contributed by atoms with van der Waals surface area (Å²) in [5.41, 5.74) is 0. The first kappa shape index (κ1) is 15.9. The summed E-state index contributed by atoms with van der Waals surface area (Å²) in [5, 5.41) is 18.4. The van der Waals surface area contributed by atoms with Crippen LogP contribution in [0.25, 0.3) is 0 Å². The van der Waals surface area contributed by atoms with Gasteiger partial charge in [-0.3, -0.25) is 0 Å². The second-order valence-electron chi connectivity index (χ2n) is 4.96. The van der Waals surface area contributed by atoms with Crippen molar-refractivity contribution < 1.29 is 10.2 Å². The molecule has 2 atom stereocenters. The highest BCUT2D eigenvalue weighted by Crippen LogP contribution is 2.12. The van der Waals surface area contributed by atoms with Crippen molar-refractivity contribution in [3.8, 4) is 0 Å². The van der Waals surface area contributed by atoms with Crippen LogP contribution in [0, 0.1) is 0 Å². The van der Waals surface area contributed by atoms with Crippen molar-refractivity contribution in [1.29, 1.82) is 0 Å². The molecule has 2 unspecified atom stereocenters. The average molecular weight is 230 g/mol. The maximum absolute atomic E-state index is 9.36. The minimum atomic E-state index is -0.129. The van der Waals surface area contributed by atoms with Gasteiger partial charge in [0.05, 0.1) is 12.2 Å². The van der Waals surface area contributed by atoms with Gasteiger partial charge in [-0.05, 0) is 26.2 Å². The molecule has 0 aliphatic rings. The first-order valence-electron chi connectivity index (χ1n) is 7.03. The summed E-state index contributed by atoms with van der Waals surface area (Å²) < 4.78 is 0. The molecule has 0 aliphatic heterocycles. The van der Waals surface area contributed by atoms with Crippen LogP contribution in [0.5, 0.6) is 0 Å². The molecule has 0 saturated carbocycles. The van der Waals surface area contributed by atoms with Crippen molar-refractivity contribution in [2.75, 3.05) is 0 Å². The minimum Gasteiger partial charge on any atom is -0.393 e. The predicted octanol–water partition coefficient (Wildman–Crippen LogP) is 3.65. The van der Waals surface area contributed by atoms with E-state index in [1.54, 1.807) is 0 Å². The molecule has 0 heterocycles. The molecule has 0 amide bonds. The van der Waals surface area contributed by atoms with Crippen molar-refractivity contribution in [3.63, 3.8) is 0 Å². The van der Waals surface area contributed by atoms with Crippen LogP contribution in [0.2, 0.25) is 0 Å². The van der Waals surface area contributed by atoms with Gasteiger partial charge in [0.2, 0.25) is 0 Å². The molecular formula is C14H30O2. The summed E-state index contributed by atoms with van der Waals surface area (Å²) in [6.07, 6.45) is 11.3. The molecule has 0 aromatic rings. The molecule has 0 rings (SSSR count). The average Bonchev–Trinajstić information content (AvgIpc) is 2.26. The van der Waals surface area contributed by atoms with Crippen molar-refractivity contribution in [3.05, 3.63) is 0 Å². The zero-order valence-electron chi connectivity index (χ0n) is 11.1. The molecule has 0 bridgehead atoms. The van der Waals surface area contributed by atoms with E-state index >= 15 is 0 Å². The van der Waals surface area contributed by atoms with Gasteiger partial charge in [-0.25, -0.2) is 0 Å². The fourth-order valence-corrected chi connectivity index (χ4v) is 1.91. The van der Waals surface area contributed by atoms with Crippen LogP contribution in [0.4, 0.5) is 0 Å². The molecule has 0 aromatic heterocycles. The van der Waals surface area contributed by atoms with Crippen molar-refractivity contribution in [2.24, 2.45) is 0 Å². The van der Waals surface area contributed by atoms with Crippen molar-refractivity contribution >= 4 is 0 Å². The summed E-state index contributed by atoms with van der Waals surface area (Å²) >= 11 is 0. The second kappa shape index (κ2) is 11.4. The summed E-state index contributed by atoms with van der Waals surface area (Å²) in [6.45, 7) is 3.89. The van der Waals surface area contributed by atoms with Crippen LogP contribution in [0.1, 0.15) is 78.1 Å². The summed E-state index contributed by atoms with van der Waals surface area (Å²) in [6, 6.07) is 0. The summed E-state index contributed by atoms with van der Waals surface area (Å²) in [7, 11) is 0. The van der Waals surface area contributed by atoms with Gasteiger partial charge in [-0.2, -0.15) is 0 Å². The summed E-state index contributed by atoms with van der Waals surface area (Å²) in [4.78, 5) is 0. The van der Waals surface area contributed by atoms with Crippen molar-refractivity contribution in [2.45, 2.75) is 90.3 Å². The van der Waals surface area contributed by atoms with Gasteiger partial charge in [0.25, 0.3) is 0 Å². The fraction of sp³-hybridized carbons (Fsp3) is 1.00. The number of aliphatic hydroxyl groups is 2. The van der Waals surface area contributed by atoms with Gasteiger partial charge in [0.15, 0.2) is 0 Å². The van der Waals surface area contributed by atoms with Crippen LogP contribution in [-0.4, -0.2) is 22.4 Å². The third-order valence-corrected chi connectivity index (χ3v) is 3.13. The topological polar surface area (TPSA) is 40.5 Å². The molecular weight excluding hydrogens is 200 g/mol. The number of rotatable bonds is 11. The van der Waals surface area contributed by atoms with Gasteiger partial charge < -0.3 is 10.2 Å². The molecule has 0 aromatic carbocycles. The van der Waals surface area contributed by atoms with Crippen LogP contribution in [-0.2, 0) is 0 Å². The van der Waals surface area contributed by atoms with E-state index in [9.17, 15) is 5.11 Å². The quantitative estimate of drug-likeness (QED) is 0.532. The Bertz CT molecular complexity index is 135. The lowest BCUT2D eigenvalue weighted by atomic mass is 10.0. The second-order valence-corrected chi connectivity index (χ2v) is 4.96. The van der Waals surface area contributed by atoms with Gasteiger partial charge in [-0.15, -0.1) is 0 Å². The highest BCUT2D eigenvalue weighted by molar-refractivity contribution is 4.54. The van der Waals surface area contributed by atoms with Crippen LogP contribution in [0.3, 0.4) is 0 Å². The van der Waals surface area contributed by atoms with Crippen molar-refractivity contribution in [1.82, 2.24) is 0 Å². The van der Waals surface area contributed by atoms with E-state index in [0.717, 1.165) is 25.7 Å². The molecule has 0 fully saturated rings. The van der Waals surface area contributed by atoms with E-state index < -0.39 is 0 Å². The fourth-order valence-electron chi connectivity index (χ4n) is 1.91. The molecule has 98 valence electrons. The Morgan fingerprint density at radius 2 is 1.19 bits per heavy atom. The van der Waals surface area contributed by atoms with Crippen LogP contribution in [0.15, 0.2) is 0 Å². The predicted molar refractivity (Wildman–Crippen MR) is 69.5 cm³/mol. The molecule has 2 heteroatoms. The van der Waals surface area contributed by atoms with Gasteiger partial charge >= 0.3 is 0 Å². The minimum absolute atomic E-state index is 0.0777. The van der Waals surface area contributed by atoms with E-state index in [1.165, 1.54) is 38.5 Å². The first-order valence-corrected chi connectivity index (χ1v) is 7.03. The Labute approximate surface area is 101 Å². The highest BCUT2D eigenvalue weighted by atomic mass is 16.3. The number of unbranched alkanes of at least 4 members (excludes halogenated alkanes) is 6. The van der Waals surface area contributed by atoms with E-state index in [4.69, 9.17) is 5.11 Å². The third kappa shape index (κ3) is 12.0. The lowest BCUT2D eigenvalue weighted by Gasteiger charge is -2.07. The highest BCUT2D eigenvalue weighted by Gasteiger charge is 1.99. The molecule has 2 nitrogen and oxygen atoms in total. The Morgan fingerprint density at radius 3 is 1.62 bits per heavy atom. The Kier molecular flexibility index (Phi) is 11.3. The molecule has 0 spiro atoms. The van der Waals surface area contributed by atoms with Crippen LogP contribution < -0.4 is 0 Å². The SMILES string of the molecule is CCC(O)CCCCCCCCCC(C)O. The van der Waals surface area contributed by atoms with E-state index in [0.29, 0.717) is 0 Å². The van der Waals surface area contributed by atoms with E-state index in [2.05, 4.69) is 0 Å². The van der Waals surface area contributed by atoms with Crippen LogP contribution >= 0.6 is 0 Å². The molecule has 0 radical (unpaired) electrons. The van der Waals surface area contributed by atoms with E-state index in [-0.39, 0.29) is 12.2 Å². The number of hydrogen-bond donors (Lipinski definition) is 2. The van der Waals surface area contributed by atoms with Gasteiger partial charge in [0.1, 0.15) is 0 Å². The van der Waals surface area contributed by atoms with Gasteiger partial charge in [-0.1, -0.05) is 51.9 Å². The third-order valence-electron chi connectivity index (χ3n) is 3.13. The molecule has 16 heavy (non-hydrogen) atoms. The molecule has 2 N–H and O–H groups in total. The Balaban J connectivity index is 2.99. The zero-order chi connectivity index (χ0) is 12.2. The standard InChI is InChI=1S/C14H30O2/c1-3-14(16)12-10-8-6-4-5-7-9-11-13(2)15/h13-16H,3-12H2,1-2H3. The summed E-state index contributed by atoms with van der Waals surface area (Å²) in [5.74, 6) is 0.